The summed E-state index contributed by atoms with van der Waals surface area (Å²) in [5.74, 6) is 0.800. The number of hydrogen-bond acceptors (Lipinski definition) is 3. The quantitative estimate of drug-likeness (QED) is 0.876. The lowest BCUT2D eigenvalue weighted by Crippen LogP contribution is -2.29. The topological polar surface area (TPSA) is 24.9 Å². The van der Waals surface area contributed by atoms with Gasteiger partial charge in [-0.05, 0) is 39.2 Å². The Labute approximate surface area is 109 Å². The van der Waals surface area contributed by atoms with Crippen molar-refractivity contribution in [1.82, 2.24) is 10.3 Å². The summed E-state index contributed by atoms with van der Waals surface area (Å²) in [7, 11) is 0. The summed E-state index contributed by atoms with van der Waals surface area (Å²) in [4.78, 5) is 6.13. The Morgan fingerprint density at radius 2 is 2.00 bits per heavy atom. The molecule has 1 aliphatic rings. The number of aryl methyl sites for hydroxylation is 2. The third kappa shape index (κ3) is 3.08. The molecule has 0 radical (unpaired) electrons. The molecule has 1 atom stereocenters. The fourth-order valence-electron chi connectivity index (χ4n) is 2.77. The van der Waals surface area contributed by atoms with Crippen LogP contribution in [0.25, 0.3) is 0 Å². The van der Waals surface area contributed by atoms with Gasteiger partial charge in [0, 0.05) is 4.88 Å². The lowest BCUT2D eigenvalue weighted by Gasteiger charge is -2.29. The van der Waals surface area contributed by atoms with Crippen LogP contribution in [0.15, 0.2) is 0 Å². The zero-order valence-corrected chi connectivity index (χ0v) is 12.1. The SMILES string of the molecule is CCNC(c1nc(C)c(C)s1)C1CCCCC1. The molecule has 3 heteroatoms. The van der Waals surface area contributed by atoms with Crippen molar-refractivity contribution in [2.45, 2.75) is 58.9 Å². The van der Waals surface area contributed by atoms with E-state index < -0.39 is 0 Å². The molecule has 0 aliphatic heterocycles. The van der Waals surface area contributed by atoms with E-state index in [9.17, 15) is 0 Å². The summed E-state index contributed by atoms with van der Waals surface area (Å²) in [6.45, 7) is 7.54. The van der Waals surface area contributed by atoms with Crippen molar-refractivity contribution in [3.63, 3.8) is 0 Å². The lowest BCUT2D eigenvalue weighted by atomic mass is 9.84. The van der Waals surface area contributed by atoms with E-state index in [0.717, 1.165) is 12.5 Å². The summed E-state index contributed by atoms with van der Waals surface area (Å²) in [5, 5.41) is 4.97. The number of rotatable bonds is 4. The molecule has 0 spiro atoms. The van der Waals surface area contributed by atoms with Gasteiger partial charge in [0.1, 0.15) is 5.01 Å². The first-order valence-electron chi connectivity index (χ1n) is 6.89. The van der Waals surface area contributed by atoms with E-state index >= 15 is 0 Å². The van der Waals surface area contributed by atoms with Gasteiger partial charge in [-0.15, -0.1) is 11.3 Å². The van der Waals surface area contributed by atoms with Crippen LogP contribution in [0, 0.1) is 19.8 Å². The second kappa shape index (κ2) is 5.96. The zero-order valence-electron chi connectivity index (χ0n) is 11.3. The molecule has 2 nitrogen and oxygen atoms in total. The summed E-state index contributed by atoms with van der Waals surface area (Å²) in [6, 6.07) is 0.498. The molecular formula is C14H24N2S. The highest BCUT2D eigenvalue weighted by molar-refractivity contribution is 7.11. The van der Waals surface area contributed by atoms with Crippen LogP contribution in [-0.2, 0) is 0 Å². The van der Waals surface area contributed by atoms with Crippen molar-refractivity contribution in [1.29, 1.82) is 0 Å². The minimum atomic E-state index is 0.498. The van der Waals surface area contributed by atoms with Crippen LogP contribution in [-0.4, -0.2) is 11.5 Å². The standard InChI is InChI=1S/C14H24N2S/c1-4-15-13(12-8-6-5-7-9-12)14-16-10(2)11(3)17-14/h12-13,15H,4-9H2,1-3H3. The van der Waals surface area contributed by atoms with Gasteiger partial charge >= 0.3 is 0 Å². The Bertz CT molecular complexity index is 334. The van der Waals surface area contributed by atoms with Crippen LogP contribution < -0.4 is 5.32 Å². The van der Waals surface area contributed by atoms with Crippen LogP contribution >= 0.6 is 11.3 Å². The smallest absolute Gasteiger partial charge is 0.110 e. The third-order valence-electron chi connectivity index (χ3n) is 3.86. The maximum atomic E-state index is 4.76. The van der Waals surface area contributed by atoms with Gasteiger partial charge in [0.25, 0.3) is 0 Å². The molecule has 1 aromatic heterocycles. The van der Waals surface area contributed by atoms with Crippen molar-refractivity contribution in [3.05, 3.63) is 15.6 Å². The Morgan fingerprint density at radius 1 is 1.29 bits per heavy atom. The van der Waals surface area contributed by atoms with Gasteiger partial charge in [-0.25, -0.2) is 4.98 Å². The number of aromatic nitrogens is 1. The number of thiazole rings is 1. The van der Waals surface area contributed by atoms with Crippen LogP contribution in [0.3, 0.4) is 0 Å². The fourth-order valence-corrected chi connectivity index (χ4v) is 3.87. The largest absolute Gasteiger partial charge is 0.308 e. The van der Waals surface area contributed by atoms with Crippen LogP contribution in [0.4, 0.5) is 0 Å². The highest BCUT2D eigenvalue weighted by Crippen LogP contribution is 2.36. The van der Waals surface area contributed by atoms with Crippen LogP contribution in [0.5, 0.6) is 0 Å². The number of hydrogen-bond donors (Lipinski definition) is 1. The van der Waals surface area contributed by atoms with Gasteiger partial charge in [-0.2, -0.15) is 0 Å². The van der Waals surface area contributed by atoms with Crippen LogP contribution in [0.2, 0.25) is 0 Å². The zero-order chi connectivity index (χ0) is 12.3. The van der Waals surface area contributed by atoms with E-state index in [0.29, 0.717) is 6.04 Å². The minimum absolute atomic E-state index is 0.498. The first kappa shape index (κ1) is 13.0. The molecule has 17 heavy (non-hydrogen) atoms. The third-order valence-corrected chi connectivity index (χ3v) is 5.01. The summed E-state index contributed by atoms with van der Waals surface area (Å²) in [5.41, 5.74) is 1.21. The highest BCUT2D eigenvalue weighted by Gasteiger charge is 2.26. The van der Waals surface area contributed by atoms with Gasteiger partial charge in [0.15, 0.2) is 0 Å². The average Bonchev–Trinajstić information content (AvgIpc) is 2.67. The lowest BCUT2D eigenvalue weighted by molar-refractivity contribution is 0.274. The molecule has 0 bridgehead atoms. The number of nitrogens with one attached hydrogen (secondary N) is 1. The van der Waals surface area contributed by atoms with Crippen molar-refractivity contribution in [3.8, 4) is 0 Å². The summed E-state index contributed by atoms with van der Waals surface area (Å²) in [6.07, 6.45) is 6.96. The summed E-state index contributed by atoms with van der Waals surface area (Å²) < 4.78 is 0. The molecule has 2 rings (SSSR count). The van der Waals surface area contributed by atoms with E-state index in [-0.39, 0.29) is 0 Å². The van der Waals surface area contributed by atoms with Gasteiger partial charge in [-0.1, -0.05) is 26.2 Å². The molecule has 1 heterocycles. The maximum Gasteiger partial charge on any atom is 0.110 e. The Kier molecular flexibility index (Phi) is 4.57. The molecular weight excluding hydrogens is 228 g/mol. The second-order valence-electron chi connectivity index (χ2n) is 5.13. The second-order valence-corrected chi connectivity index (χ2v) is 6.36. The van der Waals surface area contributed by atoms with E-state index in [1.165, 1.54) is 47.7 Å². The molecule has 96 valence electrons. The van der Waals surface area contributed by atoms with Crippen molar-refractivity contribution < 1.29 is 0 Å². The fraction of sp³-hybridized carbons (Fsp3) is 0.786. The van der Waals surface area contributed by atoms with Crippen molar-refractivity contribution in [2.24, 2.45) is 5.92 Å². The molecule has 0 saturated heterocycles. The first-order chi connectivity index (χ1) is 8.22. The van der Waals surface area contributed by atoms with Gasteiger partial charge < -0.3 is 5.32 Å². The Balaban J connectivity index is 2.15. The van der Waals surface area contributed by atoms with Crippen molar-refractivity contribution in [2.75, 3.05) is 6.54 Å². The van der Waals surface area contributed by atoms with E-state index in [1.54, 1.807) is 0 Å². The van der Waals surface area contributed by atoms with Gasteiger partial charge in [-0.3, -0.25) is 0 Å². The first-order valence-corrected chi connectivity index (χ1v) is 7.71. The van der Waals surface area contributed by atoms with E-state index in [2.05, 4.69) is 26.1 Å². The van der Waals surface area contributed by atoms with Gasteiger partial charge in [0.05, 0.1) is 11.7 Å². The Hall–Kier alpha value is -0.410. The monoisotopic (exact) mass is 252 g/mol. The highest BCUT2D eigenvalue weighted by atomic mass is 32.1. The normalized spacial score (nSPS) is 19.5. The molecule has 1 aliphatic carbocycles. The predicted molar refractivity (Wildman–Crippen MR) is 74.6 cm³/mol. The average molecular weight is 252 g/mol. The van der Waals surface area contributed by atoms with E-state index in [4.69, 9.17) is 4.98 Å². The number of nitrogens with zero attached hydrogens (tertiary/aromatic N) is 1. The molecule has 1 fully saturated rings. The maximum absolute atomic E-state index is 4.76. The van der Waals surface area contributed by atoms with Gasteiger partial charge in [0.2, 0.25) is 0 Å². The van der Waals surface area contributed by atoms with Crippen molar-refractivity contribution >= 4 is 11.3 Å². The Morgan fingerprint density at radius 3 is 2.53 bits per heavy atom. The molecule has 1 saturated carbocycles. The predicted octanol–water partition coefficient (Wildman–Crippen LogP) is 3.99. The summed E-state index contributed by atoms with van der Waals surface area (Å²) >= 11 is 1.88. The molecule has 1 N–H and O–H groups in total. The van der Waals surface area contributed by atoms with E-state index in [1.807, 2.05) is 11.3 Å². The molecule has 1 unspecified atom stereocenters. The molecule has 0 aromatic carbocycles. The molecule has 0 amide bonds. The molecule has 1 aromatic rings. The van der Waals surface area contributed by atoms with Crippen LogP contribution in [0.1, 0.15) is 60.6 Å². The minimum Gasteiger partial charge on any atom is -0.308 e.